The van der Waals surface area contributed by atoms with E-state index in [9.17, 15) is 8.42 Å². The Bertz CT molecular complexity index is 262. The van der Waals surface area contributed by atoms with Crippen molar-refractivity contribution >= 4 is 10.2 Å². The molecule has 0 spiro atoms. The van der Waals surface area contributed by atoms with E-state index in [4.69, 9.17) is 4.74 Å². The molecule has 7 heteroatoms. The largest absolute Gasteiger partial charge is 0.385 e. The SMILES string of the molecule is COCCCNS(=O)(=O)N1CCNCC1. The van der Waals surface area contributed by atoms with Crippen LogP contribution in [-0.4, -0.2) is 59.2 Å². The first-order chi connectivity index (χ1) is 7.17. The van der Waals surface area contributed by atoms with Crippen molar-refractivity contribution in [3.05, 3.63) is 0 Å². The molecule has 0 radical (unpaired) electrons. The van der Waals surface area contributed by atoms with Crippen molar-refractivity contribution in [1.82, 2.24) is 14.3 Å². The molecule has 0 aromatic carbocycles. The predicted molar refractivity (Wildman–Crippen MR) is 57.9 cm³/mol. The summed E-state index contributed by atoms with van der Waals surface area (Å²) in [4.78, 5) is 0. The van der Waals surface area contributed by atoms with Crippen LogP contribution in [0.15, 0.2) is 0 Å². The van der Waals surface area contributed by atoms with Gasteiger partial charge in [-0.05, 0) is 6.42 Å². The molecular weight excluding hydrogens is 218 g/mol. The van der Waals surface area contributed by atoms with Crippen LogP contribution in [0.3, 0.4) is 0 Å². The fourth-order valence-electron chi connectivity index (χ4n) is 1.39. The summed E-state index contributed by atoms with van der Waals surface area (Å²) in [6.45, 7) is 3.53. The molecule has 1 fully saturated rings. The van der Waals surface area contributed by atoms with Gasteiger partial charge in [0.2, 0.25) is 0 Å². The molecular formula is C8H19N3O3S. The van der Waals surface area contributed by atoms with Gasteiger partial charge in [-0.1, -0.05) is 0 Å². The van der Waals surface area contributed by atoms with Crippen LogP contribution in [0, 0.1) is 0 Å². The second-order valence-corrected chi connectivity index (χ2v) is 5.15. The number of methoxy groups -OCH3 is 1. The minimum Gasteiger partial charge on any atom is -0.385 e. The highest BCUT2D eigenvalue weighted by molar-refractivity contribution is 7.87. The minimum absolute atomic E-state index is 0.431. The lowest BCUT2D eigenvalue weighted by Gasteiger charge is -2.26. The normalized spacial score (nSPS) is 19.3. The number of piperazine rings is 1. The van der Waals surface area contributed by atoms with E-state index in [-0.39, 0.29) is 0 Å². The second kappa shape index (κ2) is 6.39. The zero-order valence-electron chi connectivity index (χ0n) is 9.03. The molecule has 1 saturated heterocycles. The number of hydrogen-bond acceptors (Lipinski definition) is 4. The first-order valence-electron chi connectivity index (χ1n) is 5.11. The monoisotopic (exact) mass is 237 g/mol. The van der Waals surface area contributed by atoms with Crippen LogP contribution in [0.5, 0.6) is 0 Å². The molecule has 0 bridgehead atoms. The fourth-order valence-corrected chi connectivity index (χ4v) is 2.64. The molecule has 0 saturated carbocycles. The summed E-state index contributed by atoms with van der Waals surface area (Å²) in [5.41, 5.74) is 0. The Kier molecular flexibility index (Phi) is 5.48. The smallest absolute Gasteiger partial charge is 0.279 e. The number of nitrogens with one attached hydrogen (secondary N) is 2. The molecule has 0 aromatic rings. The van der Waals surface area contributed by atoms with Gasteiger partial charge in [-0.15, -0.1) is 0 Å². The maximum atomic E-state index is 11.7. The lowest BCUT2D eigenvalue weighted by Crippen LogP contribution is -2.50. The third kappa shape index (κ3) is 4.43. The summed E-state index contributed by atoms with van der Waals surface area (Å²) < 4.78 is 32.3. The van der Waals surface area contributed by atoms with E-state index in [2.05, 4.69) is 10.0 Å². The Morgan fingerprint density at radius 1 is 1.40 bits per heavy atom. The molecule has 1 rings (SSSR count). The van der Waals surface area contributed by atoms with E-state index < -0.39 is 10.2 Å². The summed E-state index contributed by atoms with van der Waals surface area (Å²) in [6, 6.07) is 0. The first-order valence-corrected chi connectivity index (χ1v) is 6.55. The van der Waals surface area contributed by atoms with E-state index in [1.165, 1.54) is 4.31 Å². The van der Waals surface area contributed by atoms with Gasteiger partial charge in [0.25, 0.3) is 10.2 Å². The molecule has 0 aromatic heterocycles. The van der Waals surface area contributed by atoms with E-state index in [0.29, 0.717) is 32.7 Å². The van der Waals surface area contributed by atoms with Crippen molar-refractivity contribution in [3.8, 4) is 0 Å². The Morgan fingerprint density at radius 3 is 2.67 bits per heavy atom. The van der Waals surface area contributed by atoms with E-state index in [0.717, 1.165) is 13.1 Å². The van der Waals surface area contributed by atoms with Crippen LogP contribution in [0.2, 0.25) is 0 Å². The Hall–Kier alpha value is -0.210. The number of hydrogen-bond donors (Lipinski definition) is 2. The fraction of sp³-hybridized carbons (Fsp3) is 1.00. The molecule has 6 nitrogen and oxygen atoms in total. The molecule has 1 aliphatic heterocycles. The third-order valence-corrected chi connectivity index (χ3v) is 3.84. The van der Waals surface area contributed by atoms with Gasteiger partial charge < -0.3 is 10.1 Å². The van der Waals surface area contributed by atoms with E-state index in [1.54, 1.807) is 7.11 Å². The van der Waals surface area contributed by atoms with E-state index >= 15 is 0 Å². The van der Waals surface area contributed by atoms with Crippen molar-refractivity contribution in [1.29, 1.82) is 0 Å². The van der Waals surface area contributed by atoms with Crippen LogP contribution >= 0.6 is 0 Å². The van der Waals surface area contributed by atoms with Gasteiger partial charge in [-0.2, -0.15) is 12.7 Å². The predicted octanol–water partition coefficient (Wildman–Crippen LogP) is -1.24. The van der Waals surface area contributed by atoms with Gasteiger partial charge in [-0.25, -0.2) is 4.72 Å². The third-order valence-electron chi connectivity index (χ3n) is 2.23. The maximum Gasteiger partial charge on any atom is 0.279 e. The Balaban J connectivity index is 2.30. The van der Waals surface area contributed by atoms with Crippen LogP contribution in [0.4, 0.5) is 0 Å². The van der Waals surface area contributed by atoms with Crippen LogP contribution in [-0.2, 0) is 14.9 Å². The lowest BCUT2D eigenvalue weighted by atomic mass is 10.4. The minimum atomic E-state index is -3.28. The average Bonchev–Trinajstić information content (AvgIpc) is 2.26. The van der Waals surface area contributed by atoms with E-state index in [1.807, 2.05) is 0 Å². The molecule has 0 unspecified atom stereocenters. The zero-order chi connectivity index (χ0) is 11.1. The number of rotatable bonds is 6. The van der Waals surface area contributed by atoms with Gasteiger partial charge in [0, 0.05) is 46.4 Å². The molecule has 0 aliphatic carbocycles. The summed E-state index contributed by atoms with van der Waals surface area (Å²) in [5, 5.41) is 3.11. The first kappa shape index (κ1) is 12.9. The quantitative estimate of drug-likeness (QED) is 0.567. The molecule has 2 N–H and O–H groups in total. The maximum absolute atomic E-state index is 11.7. The molecule has 15 heavy (non-hydrogen) atoms. The van der Waals surface area contributed by atoms with Gasteiger partial charge in [-0.3, -0.25) is 0 Å². The van der Waals surface area contributed by atoms with Crippen molar-refractivity contribution < 1.29 is 13.2 Å². The molecule has 1 aliphatic rings. The standard InChI is InChI=1S/C8H19N3O3S/c1-14-8-2-3-10-15(12,13)11-6-4-9-5-7-11/h9-10H,2-8H2,1H3. The van der Waals surface area contributed by atoms with Crippen molar-refractivity contribution in [3.63, 3.8) is 0 Å². The van der Waals surface area contributed by atoms with Gasteiger partial charge in [0.15, 0.2) is 0 Å². The molecule has 0 atom stereocenters. The zero-order valence-corrected chi connectivity index (χ0v) is 9.85. The molecule has 90 valence electrons. The molecule has 0 amide bonds. The Labute approximate surface area is 91.2 Å². The lowest BCUT2D eigenvalue weighted by molar-refractivity contribution is 0.195. The topological polar surface area (TPSA) is 70.7 Å². The summed E-state index contributed by atoms with van der Waals surface area (Å²) >= 11 is 0. The van der Waals surface area contributed by atoms with Crippen LogP contribution < -0.4 is 10.0 Å². The van der Waals surface area contributed by atoms with Crippen molar-refractivity contribution in [2.24, 2.45) is 0 Å². The summed E-state index contributed by atoms with van der Waals surface area (Å²) in [7, 11) is -1.67. The summed E-state index contributed by atoms with van der Waals surface area (Å²) in [5.74, 6) is 0. The highest BCUT2D eigenvalue weighted by Gasteiger charge is 2.22. The van der Waals surface area contributed by atoms with Crippen molar-refractivity contribution in [2.75, 3.05) is 46.4 Å². The highest BCUT2D eigenvalue weighted by atomic mass is 32.2. The highest BCUT2D eigenvalue weighted by Crippen LogP contribution is 1.99. The van der Waals surface area contributed by atoms with Gasteiger partial charge in [0.05, 0.1) is 0 Å². The van der Waals surface area contributed by atoms with Crippen molar-refractivity contribution in [2.45, 2.75) is 6.42 Å². The van der Waals surface area contributed by atoms with Gasteiger partial charge >= 0.3 is 0 Å². The average molecular weight is 237 g/mol. The summed E-state index contributed by atoms with van der Waals surface area (Å²) in [6.07, 6.45) is 0.696. The van der Waals surface area contributed by atoms with Crippen LogP contribution in [0.25, 0.3) is 0 Å². The number of ether oxygens (including phenoxy) is 1. The Morgan fingerprint density at radius 2 is 2.07 bits per heavy atom. The van der Waals surface area contributed by atoms with Gasteiger partial charge in [0.1, 0.15) is 0 Å². The number of nitrogens with zero attached hydrogens (tertiary/aromatic N) is 1. The van der Waals surface area contributed by atoms with Crippen LogP contribution in [0.1, 0.15) is 6.42 Å². The molecule has 1 heterocycles. The second-order valence-electron chi connectivity index (χ2n) is 3.39.